The quantitative estimate of drug-likeness (QED) is 0.330. The zero-order valence-corrected chi connectivity index (χ0v) is 18.6. The minimum absolute atomic E-state index is 0.0267. The highest BCUT2D eigenvalue weighted by Gasteiger charge is 2.33. The van der Waals surface area contributed by atoms with Crippen molar-refractivity contribution < 1.29 is 14.8 Å². The van der Waals surface area contributed by atoms with Gasteiger partial charge in [0.25, 0.3) is 0 Å². The van der Waals surface area contributed by atoms with E-state index in [1.54, 1.807) is 24.3 Å². The molecule has 0 spiro atoms. The largest absolute Gasteiger partial charge is 0.490 e. The van der Waals surface area contributed by atoms with Crippen LogP contribution in [-0.4, -0.2) is 39.1 Å². The molecule has 5 N–H and O–H groups in total. The lowest BCUT2D eigenvalue weighted by Crippen LogP contribution is -2.32. The fourth-order valence-electron chi connectivity index (χ4n) is 4.57. The molecule has 0 fully saturated rings. The zero-order valence-electron chi connectivity index (χ0n) is 18.6. The number of primary amides is 1. The highest BCUT2D eigenvalue weighted by Crippen LogP contribution is 2.39. The number of nitrogens with one attached hydrogen (secondary N) is 1. The maximum atomic E-state index is 12.0. The summed E-state index contributed by atoms with van der Waals surface area (Å²) in [4.78, 5) is 23.6. The summed E-state index contributed by atoms with van der Waals surface area (Å²) in [5.74, 6) is 0.517. The summed E-state index contributed by atoms with van der Waals surface area (Å²) in [5, 5.41) is 24.1. The molecule has 0 bridgehead atoms. The molecule has 2 heterocycles. The Kier molecular flexibility index (Phi) is 5.65. The van der Waals surface area contributed by atoms with Gasteiger partial charge in [0.1, 0.15) is 5.82 Å². The molecule has 0 saturated heterocycles. The van der Waals surface area contributed by atoms with Gasteiger partial charge in [0, 0.05) is 34.7 Å². The number of para-hydroxylation sites is 1. The molecule has 4 aromatic rings. The highest BCUT2D eigenvalue weighted by molar-refractivity contribution is 6.61. The molecule has 3 aromatic carbocycles. The van der Waals surface area contributed by atoms with E-state index < -0.39 is 13.0 Å². The average Bonchev–Trinajstić information content (AvgIpc) is 3.18. The van der Waals surface area contributed by atoms with Crippen LogP contribution in [0.4, 0.5) is 17.5 Å². The Bertz CT molecular complexity index is 1380. The summed E-state index contributed by atoms with van der Waals surface area (Å²) < 4.78 is 0. The Labute approximate surface area is 197 Å². The van der Waals surface area contributed by atoms with Crippen LogP contribution < -0.4 is 21.4 Å². The Hall–Kier alpha value is -3.95. The number of nitrogens with two attached hydrogens (primary N) is 1. The van der Waals surface area contributed by atoms with Crippen molar-refractivity contribution in [1.29, 1.82) is 0 Å². The van der Waals surface area contributed by atoms with Crippen LogP contribution in [0.2, 0.25) is 0 Å². The van der Waals surface area contributed by atoms with Crippen LogP contribution in [0.15, 0.2) is 66.7 Å². The van der Waals surface area contributed by atoms with E-state index in [9.17, 15) is 14.8 Å². The minimum Gasteiger partial charge on any atom is -0.423 e. The van der Waals surface area contributed by atoms with Gasteiger partial charge in [-0.2, -0.15) is 4.98 Å². The van der Waals surface area contributed by atoms with E-state index in [1.807, 2.05) is 54.3 Å². The van der Waals surface area contributed by atoms with Crippen molar-refractivity contribution in [3.63, 3.8) is 0 Å². The molecule has 170 valence electrons. The third-order valence-corrected chi connectivity index (χ3v) is 6.16. The van der Waals surface area contributed by atoms with Crippen LogP contribution in [0.5, 0.6) is 0 Å². The predicted molar refractivity (Wildman–Crippen MR) is 133 cm³/mol. The average molecular weight is 453 g/mol. The van der Waals surface area contributed by atoms with Crippen LogP contribution in [-0.2, 0) is 13.0 Å². The summed E-state index contributed by atoms with van der Waals surface area (Å²) in [7, 11) is -1.68. The van der Waals surface area contributed by atoms with Crippen molar-refractivity contribution in [2.24, 2.45) is 5.73 Å². The van der Waals surface area contributed by atoms with Gasteiger partial charge in [-0.3, -0.25) is 4.79 Å². The van der Waals surface area contributed by atoms with Gasteiger partial charge in [-0.1, -0.05) is 48.5 Å². The summed E-state index contributed by atoms with van der Waals surface area (Å²) in [6.07, 6.45) is 0.618. The van der Waals surface area contributed by atoms with E-state index in [2.05, 4.69) is 5.32 Å². The van der Waals surface area contributed by atoms with Crippen molar-refractivity contribution in [3.05, 3.63) is 83.4 Å². The molecule has 1 aliphatic rings. The first-order chi connectivity index (χ1) is 16.4. The Morgan fingerprint density at radius 3 is 2.59 bits per heavy atom. The SMILES string of the molecule is CC1Cc2c(C(N)=O)cccc2N1c1nc(NCc2ccccc2)c2cccc(B(O)O)c2n1. The molecule has 5 rings (SSSR count). The van der Waals surface area contributed by atoms with Gasteiger partial charge in [-0.15, -0.1) is 0 Å². The molecule has 0 radical (unpaired) electrons. The molecule has 9 heteroatoms. The van der Waals surface area contributed by atoms with Gasteiger partial charge in [0.05, 0.1) is 5.52 Å². The molecule has 0 saturated carbocycles. The van der Waals surface area contributed by atoms with Crippen LogP contribution in [0.3, 0.4) is 0 Å². The summed E-state index contributed by atoms with van der Waals surface area (Å²) in [6, 6.07) is 20.6. The summed E-state index contributed by atoms with van der Waals surface area (Å²) in [6.45, 7) is 2.57. The van der Waals surface area contributed by atoms with Gasteiger partial charge in [-0.05, 0) is 42.7 Å². The molecule has 8 nitrogen and oxygen atoms in total. The maximum absolute atomic E-state index is 12.0. The number of anilines is 3. The second-order valence-electron chi connectivity index (χ2n) is 8.42. The molecule has 0 aliphatic carbocycles. The molecule has 34 heavy (non-hydrogen) atoms. The number of amides is 1. The number of carbonyl (C=O) groups is 1. The third kappa shape index (κ3) is 3.85. The van der Waals surface area contributed by atoms with Gasteiger partial charge in [-0.25, -0.2) is 4.98 Å². The van der Waals surface area contributed by atoms with E-state index in [1.165, 1.54) is 0 Å². The fourth-order valence-corrected chi connectivity index (χ4v) is 4.57. The van der Waals surface area contributed by atoms with Crippen LogP contribution in [0, 0.1) is 0 Å². The summed E-state index contributed by atoms with van der Waals surface area (Å²) >= 11 is 0. The molecule has 1 unspecified atom stereocenters. The smallest absolute Gasteiger partial charge is 0.423 e. The van der Waals surface area contributed by atoms with E-state index in [-0.39, 0.29) is 6.04 Å². The number of hydrogen-bond acceptors (Lipinski definition) is 7. The van der Waals surface area contributed by atoms with Crippen molar-refractivity contribution in [1.82, 2.24) is 9.97 Å². The lowest BCUT2D eigenvalue weighted by atomic mass is 9.79. The summed E-state index contributed by atoms with van der Waals surface area (Å²) in [5.41, 5.74) is 9.60. The lowest BCUT2D eigenvalue weighted by Gasteiger charge is -2.24. The zero-order chi connectivity index (χ0) is 23.8. The standard InChI is InChI=1S/C25H24BN5O3/c1-15-13-19-17(23(27)32)9-6-12-21(19)31(15)25-29-22-18(10-5-11-20(22)26(33)34)24(30-25)28-14-16-7-3-2-4-8-16/h2-12,15,33-34H,13-14H2,1H3,(H2,27,32)(H,28,29,30). The van der Waals surface area contributed by atoms with Gasteiger partial charge in [0.15, 0.2) is 0 Å². The molecule has 1 amide bonds. The molecular weight excluding hydrogens is 429 g/mol. The van der Waals surface area contributed by atoms with Crippen molar-refractivity contribution in [2.45, 2.75) is 25.9 Å². The Morgan fingerprint density at radius 1 is 1.09 bits per heavy atom. The number of rotatable bonds is 6. The number of nitrogens with zero attached hydrogens (tertiary/aromatic N) is 3. The normalized spacial score (nSPS) is 14.8. The van der Waals surface area contributed by atoms with E-state index in [0.29, 0.717) is 46.7 Å². The van der Waals surface area contributed by atoms with Gasteiger partial charge < -0.3 is 26.0 Å². The fraction of sp³-hybridized carbons (Fsp3) is 0.160. The molecular formula is C25H24BN5O3. The van der Waals surface area contributed by atoms with Crippen LogP contribution in [0.25, 0.3) is 10.9 Å². The highest BCUT2D eigenvalue weighted by atomic mass is 16.4. The number of benzene rings is 3. The first-order valence-electron chi connectivity index (χ1n) is 11.1. The number of carbonyl (C=O) groups excluding carboxylic acids is 1. The first-order valence-corrected chi connectivity index (χ1v) is 11.1. The maximum Gasteiger partial charge on any atom is 0.490 e. The van der Waals surface area contributed by atoms with E-state index >= 15 is 0 Å². The Morgan fingerprint density at radius 2 is 1.85 bits per heavy atom. The minimum atomic E-state index is -1.68. The van der Waals surface area contributed by atoms with Gasteiger partial charge >= 0.3 is 7.12 Å². The molecule has 1 aliphatic heterocycles. The monoisotopic (exact) mass is 453 g/mol. The number of hydrogen-bond donors (Lipinski definition) is 4. The molecule has 1 atom stereocenters. The van der Waals surface area contributed by atoms with Crippen molar-refractivity contribution >= 4 is 46.8 Å². The topological polar surface area (TPSA) is 125 Å². The van der Waals surface area contributed by atoms with Crippen LogP contribution >= 0.6 is 0 Å². The second kappa shape index (κ2) is 8.77. The van der Waals surface area contributed by atoms with E-state index in [0.717, 1.165) is 16.8 Å². The second-order valence-corrected chi connectivity index (χ2v) is 8.42. The number of fused-ring (bicyclic) bond motifs is 2. The van der Waals surface area contributed by atoms with Crippen molar-refractivity contribution in [2.75, 3.05) is 10.2 Å². The first kappa shape index (κ1) is 21.9. The van der Waals surface area contributed by atoms with Gasteiger partial charge in [0.2, 0.25) is 11.9 Å². The van der Waals surface area contributed by atoms with Crippen LogP contribution in [0.1, 0.15) is 28.4 Å². The third-order valence-electron chi connectivity index (χ3n) is 6.16. The predicted octanol–water partition coefficient (Wildman–Crippen LogP) is 2.10. The van der Waals surface area contributed by atoms with E-state index in [4.69, 9.17) is 15.7 Å². The number of aromatic nitrogens is 2. The van der Waals surface area contributed by atoms with Crippen molar-refractivity contribution in [3.8, 4) is 0 Å². The molecule has 1 aromatic heterocycles. The Balaban J connectivity index is 1.66. The lowest BCUT2D eigenvalue weighted by molar-refractivity contribution is 0.0999.